The Morgan fingerprint density at radius 2 is 1.85 bits per heavy atom. The van der Waals surface area contributed by atoms with Crippen LogP contribution in [0.15, 0.2) is 18.2 Å². The Kier molecular flexibility index (Phi) is 5.64. The summed E-state index contributed by atoms with van der Waals surface area (Å²) < 4.78 is 16.2. The van der Waals surface area contributed by atoms with Gasteiger partial charge < -0.3 is 19.9 Å². The second-order valence-corrected chi connectivity index (χ2v) is 4.90. The summed E-state index contributed by atoms with van der Waals surface area (Å²) in [4.78, 5) is 2.38. The van der Waals surface area contributed by atoms with Crippen molar-refractivity contribution in [3.05, 3.63) is 23.8 Å². The van der Waals surface area contributed by atoms with E-state index in [0.717, 1.165) is 49.8 Å². The third-order valence-corrected chi connectivity index (χ3v) is 3.68. The molecule has 0 bridgehead atoms. The molecule has 20 heavy (non-hydrogen) atoms. The highest BCUT2D eigenvalue weighted by Gasteiger charge is 2.21. The first-order valence-corrected chi connectivity index (χ1v) is 7.03. The molecule has 1 atom stereocenters. The zero-order valence-corrected chi connectivity index (χ0v) is 12.3. The molecule has 0 aromatic heterocycles. The average molecular weight is 280 g/mol. The molecular formula is C15H24N2O3. The molecule has 2 rings (SSSR count). The van der Waals surface area contributed by atoms with Crippen LogP contribution in [0.25, 0.3) is 0 Å². The monoisotopic (exact) mass is 280 g/mol. The van der Waals surface area contributed by atoms with Crippen LogP contribution in [-0.2, 0) is 4.74 Å². The molecule has 1 unspecified atom stereocenters. The van der Waals surface area contributed by atoms with Crippen molar-refractivity contribution in [2.75, 3.05) is 47.1 Å². The molecule has 1 saturated heterocycles. The number of hydrogen-bond donors (Lipinski definition) is 1. The summed E-state index contributed by atoms with van der Waals surface area (Å²) in [6.07, 6.45) is 1.04. The van der Waals surface area contributed by atoms with Crippen molar-refractivity contribution in [3.8, 4) is 11.5 Å². The first-order valence-electron chi connectivity index (χ1n) is 7.03. The average Bonchev–Trinajstić information content (AvgIpc) is 2.77. The molecule has 1 fully saturated rings. The molecule has 2 N–H and O–H groups in total. The van der Waals surface area contributed by atoms with Crippen molar-refractivity contribution in [2.45, 2.75) is 12.5 Å². The van der Waals surface area contributed by atoms with E-state index in [0.29, 0.717) is 6.54 Å². The molecule has 5 heteroatoms. The number of methoxy groups -OCH3 is 2. The van der Waals surface area contributed by atoms with Gasteiger partial charge in [-0.1, -0.05) is 0 Å². The molecule has 0 saturated carbocycles. The van der Waals surface area contributed by atoms with Crippen molar-refractivity contribution < 1.29 is 14.2 Å². The molecule has 1 aliphatic rings. The lowest BCUT2D eigenvalue weighted by molar-refractivity contribution is 0.132. The van der Waals surface area contributed by atoms with E-state index >= 15 is 0 Å². The first-order chi connectivity index (χ1) is 9.78. The van der Waals surface area contributed by atoms with Gasteiger partial charge in [0.15, 0.2) is 0 Å². The number of rotatable bonds is 5. The third kappa shape index (κ3) is 3.62. The van der Waals surface area contributed by atoms with Crippen LogP contribution in [0.5, 0.6) is 11.5 Å². The minimum atomic E-state index is 0.167. The molecule has 0 radical (unpaired) electrons. The number of nitrogens with zero attached hydrogens (tertiary/aromatic N) is 1. The molecule has 112 valence electrons. The van der Waals surface area contributed by atoms with Crippen molar-refractivity contribution in [1.82, 2.24) is 4.90 Å². The molecule has 0 amide bonds. The van der Waals surface area contributed by atoms with E-state index in [1.165, 1.54) is 0 Å². The van der Waals surface area contributed by atoms with E-state index in [1.807, 2.05) is 18.2 Å². The SMILES string of the molecule is COc1cc(OC)cc(C(CN)N2CCCOCC2)c1. The number of hydrogen-bond acceptors (Lipinski definition) is 5. The molecule has 1 aliphatic heterocycles. The molecule has 1 aromatic rings. The number of ether oxygens (including phenoxy) is 3. The molecule has 0 aliphatic carbocycles. The van der Waals surface area contributed by atoms with Crippen molar-refractivity contribution in [2.24, 2.45) is 5.73 Å². The van der Waals surface area contributed by atoms with Crippen LogP contribution in [0.2, 0.25) is 0 Å². The van der Waals surface area contributed by atoms with Gasteiger partial charge in [-0.25, -0.2) is 0 Å². The zero-order valence-electron chi connectivity index (χ0n) is 12.3. The Bertz CT molecular complexity index is 395. The van der Waals surface area contributed by atoms with E-state index in [-0.39, 0.29) is 6.04 Å². The lowest BCUT2D eigenvalue weighted by atomic mass is 10.0. The van der Waals surface area contributed by atoms with Gasteiger partial charge in [-0.05, 0) is 24.1 Å². The predicted molar refractivity (Wildman–Crippen MR) is 78.4 cm³/mol. The summed E-state index contributed by atoms with van der Waals surface area (Å²) in [7, 11) is 3.32. The van der Waals surface area contributed by atoms with Crippen molar-refractivity contribution in [1.29, 1.82) is 0 Å². The number of benzene rings is 1. The highest BCUT2D eigenvalue weighted by atomic mass is 16.5. The van der Waals surface area contributed by atoms with Gasteiger partial charge >= 0.3 is 0 Å². The second-order valence-electron chi connectivity index (χ2n) is 4.90. The summed E-state index contributed by atoms with van der Waals surface area (Å²) in [6.45, 7) is 4.06. The minimum absolute atomic E-state index is 0.167. The fourth-order valence-electron chi connectivity index (χ4n) is 2.59. The van der Waals surface area contributed by atoms with Crippen LogP contribution < -0.4 is 15.2 Å². The Balaban J connectivity index is 2.25. The van der Waals surface area contributed by atoms with E-state index in [1.54, 1.807) is 14.2 Å². The summed E-state index contributed by atoms with van der Waals surface area (Å²) in [6, 6.07) is 6.11. The van der Waals surface area contributed by atoms with Gasteiger partial charge in [-0.3, -0.25) is 4.90 Å². The van der Waals surface area contributed by atoms with Crippen LogP contribution in [0.3, 0.4) is 0 Å². The smallest absolute Gasteiger partial charge is 0.122 e. The summed E-state index contributed by atoms with van der Waals surface area (Å²) >= 11 is 0. The van der Waals surface area contributed by atoms with E-state index in [4.69, 9.17) is 19.9 Å². The van der Waals surface area contributed by atoms with Gasteiger partial charge in [0.05, 0.1) is 20.8 Å². The minimum Gasteiger partial charge on any atom is -0.497 e. The van der Waals surface area contributed by atoms with Gasteiger partial charge in [0.2, 0.25) is 0 Å². The molecule has 1 heterocycles. The molecule has 5 nitrogen and oxygen atoms in total. The maximum atomic E-state index is 6.01. The van der Waals surface area contributed by atoms with Crippen LogP contribution in [0.4, 0.5) is 0 Å². The first kappa shape index (κ1) is 15.1. The van der Waals surface area contributed by atoms with Crippen molar-refractivity contribution >= 4 is 0 Å². The fourth-order valence-corrected chi connectivity index (χ4v) is 2.59. The predicted octanol–water partition coefficient (Wildman–Crippen LogP) is 1.43. The van der Waals surface area contributed by atoms with E-state index < -0.39 is 0 Å². The lowest BCUT2D eigenvalue weighted by Crippen LogP contribution is -2.35. The maximum Gasteiger partial charge on any atom is 0.122 e. The Morgan fingerprint density at radius 3 is 2.45 bits per heavy atom. The highest BCUT2D eigenvalue weighted by molar-refractivity contribution is 5.40. The Hall–Kier alpha value is -1.30. The normalized spacial score (nSPS) is 18.4. The molecular weight excluding hydrogens is 256 g/mol. The largest absolute Gasteiger partial charge is 0.497 e. The van der Waals surface area contributed by atoms with E-state index in [9.17, 15) is 0 Å². The van der Waals surface area contributed by atoms with Crippen LogP contribution in [-0.4, -0.2) is 52.0 Å². The van der Waals surface area contributed by atoms with Crippen LogP contribution >= 0.6 is 0 Å². The summed E-state index contributed by atoms with van der Waals surface area (Å²) in [5.74, 6) is 1.59. The molecule has 1 aromatic carbocycles. The lowest BCUT2D eigenvalue weighted by Gasteiger charge is -2.30. The standard InChI is InChI=1S/C15H24N2O3/c1-18-13-8-12(9-14(10-13)19-2)15(11-16)17-4-3-6-20-7-5-17/h8-10,15H,3-7,11,16H2,1-2H3. The van der Waals surface area contributed by atoms with Crippen LogP contribution in [0.1, 0.15) is 18.0 Å². The number of nitrogens with two attached hydrogens (primary N) is 1. The van der Waals surface area contributed by atoms with Crippen LogP contribution in [0, 0.1) is 0 Å². The zero-order chi connectivity index (χ0) is 14.4. The van der Waals surface area contributed by atoms with Gasteiger partial charge in [-0.15, -0.1) is 0 Å². The fraction of sp³-hybridized carbons (Fsp3) is 0.600. The Labute approximate surface area is 120 Å². The summed E-state index contributed by atoms with van der Waals surface area (Å²) in [5, 5.41) is 0. The van der Waals surface area contributed by atoms with Gasteiger partial charge in [0, 0.05) is 38.3 Å². The quantitative estimate of drug-likeness (QED) is 0.884. The third-order valence-electron chi connectivity index (χ3n) is 3.68. The van der Waals surface area contributed by atoms with E-state index in [2.05, 4.69) is 4.90 Å². The topological polar surface area (TPSA) is 57.0 Å². The van der Waals surface area contributed by atoms with Crippen molar-refractivity contribution in [3.63, 3.8) is 0 Å². The maximum absolute atomic E-state index is 6.01. The van der Waals surface area contributed by atoms with Gasteiger partial charge in [0.25, 0.3) is 0 Å². The Morgan fingerprint density at radius 1 is 1.15 bits per heavy atom. The van der Waals surface area contributed by atoms with Gasteiger partial charge in [-0.2, -0.15) is 0 Å². The second kappa shape index (κ2) is 7.47. The summed E-state index contributed by atoms with van der Waals surface area (Å²) in [5.41, 5.74) is 7.14. The molecule has 0 spiro atoms. The highest BCUT2D eigenvalue weighted by Crippen LogP contribution is 2.29. The van der Waals surface area contributed by atoms with Gasteiger partial charge in [0.1, 0.15) is 11.5 Å².